The van der Waals surface area contributed by atoms with E-state index >= 15 is 0 Å². The monoisotopic (exact) mass is 248 g/mol. The molecule has 2 nitrogen and oxygen atoms in total. The van der Waals surface area contributed by atoms with Crippen LogP contribution in [0.3, 0.4) is 0 Å². The SMILES string of the molecule is CCCOC(=O)C1C2C=CC(C2)C1C1CCCC1. The minimum atomic E-state index is 0.0885. The van der Waals surface area contributed by atoms with Gasteiger partial charge in [0.1, 0.15) is 0 Å². The zero-order valence-corrected chi connectivity index (χ0v) is 11.3. The standard InChI is InChI=1S/C16H24O2/c1-2-9-18-16(17)15-13-8-7-12(10-13)14(15)11-5-3-4-6-11/h7-8,11-15H,2-6,9-10H2,1H3. The Kier molecular flexibility index (Phi) is 3.45. The lowest BCUT2D eigenvalue weighted by Gasteiger charge is -2.31. The third-order valence-corrected chi connectivity index (χ3v) is 5.18. The van der Waals surface area contributed by atoms with Crippen molar-refractivity contribution in [3.8, 4) is 0 Å². The first-order chi connectivity index (χ1) is 8.81. The maximum atomic E-state index is 12.3. The van der Waals surface area contributed by atoms with Gasteiger partial charge in [-0.1, -0.05) is 44.8 Å². The zero-order chi connectivity index (χ0) is 12.5. The maximum absolute atomic E-state index is 12.3. The molecular weight excluding hydrogens is 224 g/mol. The summed E-state index contributed by atoms with van der Waals surface area (Å²) in [5.74, 6) is 2.78. The van der Waals surface area contributed by atoms with Crippen molar-refractivity contribution in [3.63, 3.8) is 0 Å². The Morgan fingerprint density at radius 3 is 2.67 bits per heavy atom. The fourth-order valence-electron chi connectivity index (χ4n) is 4.48. The van der Waals surface area contributed by atoms with Crippen molar-refractivity contribution in [3.05, 3.63) is 12.2 Å². The summed E-state index contributed by atoms with van der Waals surface area (Å²) in [4.78, 5) is 12.3. The van der Waals surface area contributed by atoms with Crippen molar-refractivity contribution in [2.45, 2.75) is 45.4 Å². The third-order valence-electron chi connectivity index (χ3n) is 5.18. The van der Waals surface area contributed by atoms with Gasteiger partial charge in [-0.25, -0.2) is 0 Å². The lowest BCUT2D eigenvalue weighted by molar-refractivity contribution is -0.152. The second kappa shape index (κ2) is 5.07. The number of allylic oxidation sites excluding steroid dienone is 2. The van der Waals surface area contributed by atoms with Crippen molar-refractivity contribution in [1.29, 1.82) is 0 Å². The highest BCUT2D eigenvalue weighted by molar-refractivity contribution is 5.74. The molecule has 0 N–H and O–H groups in total. The molecule has 0 aromatic rings. The van der Waals surface area contributed by atoms with Gasteiger partial charge >= 0.3 is 5.97 Å². The van der Waals surface area contributed by atoms with E-state index in [2.05, 4.69) is 19.1 Å². The molecule has 0 aliphatic heterocycles. The van der Waals surface area contributed by atoms with E-state index in [0.717, 1.165) is 12.3 Å². The van der Waals surface area contributed by atoms with Gasteiger partial charge in [0, 0.05) is 0 Å². The van der Waals surface area contributed by atoms with Crippen LogP contribution in [0.15, 0.2) is 12.2 Å². The fourth-order valence-corrected chi connectivity index (χ4v) is 4.48. The molecule has 2 fully saturated rings. The number of hydrogen-bond acceptors (Lipinski definition) is 2. The lowest BCUT2D eigenvalue weighted by Crippen LogP contribution is -2.33. The summed E-state index contributed by atoms with van der Waals surface area (Å²) >= 11 is 0. The Labute approximate surface area is 110 Å². The zero-order valence-electron chi connectivity index (χ0n) is 11.3. The highest BCUT2D eigenvalue weighted by Gasteiger charge is 2.51. The minimum absolute atomic E-state index is 0.0885. The van der Waals surface area contributed by atoms with E-state index in [9.17, 15) is 4.79 Å². The molecule has 4 atom stereocenters. The Balaban J connectivity index is 1.73. The van der Waals surface area contributed by atoms with Crippen LogP contribution in [0, 0.1) is 29.6 Å². The predicted molar refractivity (Wildman–Crippen MR) is 70.9 cm³/mol. The number of fused-ring (bicyclic) bond motifs is 2. The molecular formula is C16H24O2. The van der Waals surface area contributed by atoms with Crippen molar-refractivity contribution in [2.24, 2.45) is 29.6 Å². The van der Waals surface area contributed by atoms with Crippen LogP contribution in [0.1, 0.15) is 45.4 Å². The summed E-state index contributed by atoms with van der Waals surface area (Å²) in [5.41, 5.74) is 0. The Morgan fingerprint density at radius 2 is 1.94 bits per heavy atom. The molecule has 0 saturated heterocycles. The number of esters is 1. The van der Waals surface area contributed by atoms with E-state index in [1.165, 1.54) is 32.1 Å². The molecule has 3 aliphatic rings. The van der Waals surface area contributed by atoms with Crippen molar-refractivity contribution in [1.82, 2.24) is 0 Å². The van der Waals surface area contributed by atoms with Crippen LogP contribution < -0.4 is 0 Å². The number of carbonyl (C=O) groups excluding carboxylic acids is 1. The number of carbonyl (C=O) groups is 1. The van der Waals surface area contributed by atoms with Crippen LogP contribution in [0.4, 0.5) is 0 Å². The largest absolute Gasteiger partial charge is 0.465 e. The summed E-state index contributed by atoms with van der Waals surface area (Å²) in [6.45, 7) is 2.65. The number of hydrogen-bond donors (Lipinski definition) is 0. The van der Waals surface area contributed by atoms with Gasteiger partial charge in [0.2, 0.25) is 0 Å². The van der Waals surface area contributed by atoms with Crippen molar-refractivity contribution in [2.75, 3.05) is 6.61 Å². The average Bonchev–Trinajstić information content (AvgIpc) is 3.09. The summed E-state index contributed by atoms with van der Waals surface area (Å²) in [6, 6.07) is 0. The molecule has 0 radical (unpaired) electrons. The van der Waals surface area contributed by atoms with Gasteiger partial charge in [-0.3, -0.25) is 4.79 Å². The first-order valence-electron chi connectivity index (χ1n) is 7.66. The topological polar surface area (TPSA) is 26.3 Å². The highest BCUT2D eigenvalue weighted by atomic mass is 16.5. The molecule has 2 saturated carbocycles. The van der Waals surface area contributed by atoms with Gasteiger partial charge in [-0.2, -0.15) is 0 Å². The second-order valence-electron chi connectivity index (χ2n) is 6.26. The molecule has 3 aliphatic carbocycles. The van der Waals surface area contributed by atoms with Crippen LogP contribution in [0.2, 0.25) is 0 Å². The van der Waals surface area contributed by atoms with E-state index in [1.807, 2.05) is 0 Å². The van der Waals surface area contributed by atoms with Gasteiger partial charge in [0.05, 0.1) is 12.5 Å². The normalized spacial score (nSPS) is 38.5. The predicted octanol–water partition coefficient (Wildman–Crippen LogP) is 3.57. The number of rotatable bonds is 4. The average molecular weight is 248 g/mol. The first kappa shape index (κ1) is 12.3. The minimum Gasteiger partial charge on any atom is -0.465 e. The van der Waals surface area contributed by atoms with Gasteiger partial charge in [0.15, 0.2) is 0 Å². The van der Waals surface area contributed by atoms with E-state index in [-0.39, 0.29) is 11.9 Å². The van der Waals surface area contributed by atoms with Crippen molar-refractivity contribution >= 4 is 5.97 Å². The Hall–Kier alpha value is -0.790. The van der Waals surface area contributed by atoms with Gasteiger partial charge in [-0.15, -0.1) is 0 Å². The summed E-state index contributed by atoms with van der Waals surface area (Å²) in [6.07, 6.45) is 12.2. The number of ether oxygens (including phenoxy) is 1. The van der Waals surface area contributed by atoms with Crippen LogP contribution in [0.25, 0.3) is 0 Å². The van der Waals surface area contributed by atoms with E-state index in [1.54, 1.807) is 0 Å². The van der Waals surface area contributed by atoms with Gasteiger partial charge in [-0.05, 0) is 36.5 Å². The van der Waals surface area contributed by atoms with Crippen molar-refractivity contribution < 1.29 is 9.53 Å². The summed E-state index contributed by atoms with van der Waals surface area (Å²) < 4.78 is 5.44. The smallest absolute Gasteiger partial charge is 0.309 e. The van der Waals surface area contributed by atoms with E-state index < -0.39 is 0 Å². The van der Waals surface area contributed by atoms with Gasteiger partial charge < -0.3 is 4.74 Å². The van der Waals surface area contributed by atoms with Crippen LogP contribution in [0.5, 0.6) is 0 Å². The molecule has 0 heterocycles. The molecule has 4 unspecified atom stereocenters. The molecule has 2 bridgehead atoms. The van der Waals surface area contributed by atoms with Crippen LogP contribution in [-0.4, -0.2) is 12.6 Å². The molecule has 0 aromatic heterocycles. The molecule has 18 heavy (non-hydrogen) atoms. The quantitative estimate of drug-likeness (QED) is 0.561. The lowest BCUT2D eigenvalue weighted by atomic mass is 9.74. The van der Waals surface area contributed by atoms with E-state index in [4.69, 9.17) is 4.74 Å². The molecule has 0 spiro atoms. The van der Waals surface area contributed by atoms with Gasteiger partial charge in [0.25, 0.3) is 0 Å². The summed E-state index contributed by atoms with van der Waals surface area (Å²) in [5, 5.41) is 0. The van der Waals surface area contributed by atoms with Crippen LogP contribution in [-0.2, 0) is 9.53 Å². The molecule has 0 amide bonds. The maximum Gasteiger partial charge on any atom is 0.309 e. The molecule has 3 rings (SSSR count). The molecule has 0 aromatic carbocycles. The first-order valence-corrected chi connectivity index (χ1v) is 7.66. The Morgan fingerprint density at radius 1 is 1.22 bits per heavy atom. The highest BCUT2D eigenvalue weighted by Crippen LogP contribution is 2.54. The molecule has 100 valence electrons. The summed E-state index contributed by atoms with van der Waals surface area (Å²) in [7, 11) is 0. The second-order valence-corrected chi connectivity index (χ2v) is 6.26. The third kappa shape index (κ3) is 2.00. The van der Waals surface area contributed by atoms with Crippen LogP contribution >= 0.6 is 0 Å². The Bertz CT molecular complexity index is 341. The molecule has 2 heteroatoms. The van der Waals surface area contributed by atoms with E-state index in [0.29, 0.717) is 24.4 Å². The fraction of sp³-hybridized carbons (Fsp3) is 0.812.